The number of aliphatic hydroxyl groups is 2. The molecular weight excluding hydrogens is 408 g/mol. The lowest BCUT2D eigenvalue weighted by molar-refractivity contribution is -0.106. The van der Waals surface area contributed by atoms with Crippen LogP contribution in [-0.4, -0.2) is 84.3 Å². The van der Waals surface area contributed by atoms with Crippen LogP contribution in [0.15, 0.2) is 24.6 Å². The van der Waals surface area contributed by atoms with Crippen LogP contribution in [0.25, 0.3) is 0 Å². The Hall–Kier alpha value is -2.72. The lowest BCUT2D eigenvalue weighted by Crippen LogP contribution is -2.37. The molecule has 176 valence electrons. The normalized spacial score (nSPS) is 11.8. The average molecular weight is 443 g/mol. The van der Waals surface area contributed by atoms with Crippen molar-refractivity contribution in [2.24, 2.45) is 11.3 Å². The van der Waals surface area contributed by atoms with Gasteiger partial charge in [0, 0.05) is 13.1 Å². The van der Waals surface area contributed by atoms with E-state index >= 15 is 0 Å². The van der Waals surface area contributed by atoms with E-state index in [1.165, 1.54) is 0 Å². The van der Waals surface area contributed by atoms with Crippen molar-refractivity contribution >= 4 is 24.8 Å². The van der Waals surface area contributed by atoms with Gasteiger partial charge in [0.25, 0.3) is 0 Å². The SMILES string of the molecule is C=C(C=O)N(CCC(C)(C)CC(C)CN(C(=C)C=O)C(=O)OCCO)C(=O)OCCO. The fraction of sp³-hybridized carbons (Fsp3) is 0.619. The summed E-state index contributed by atoms with van der Waals surface area (Å²) in [5.74, 6) is -0.0718. The number of aldehydes is 2. The smallest absolute Gasteiger partial charge is 0.414 e. The molecule has 0 aromatic carbocycles. The topological polar surface area (TPSA) is 134 Å². The van der Waals surface area contributed by atoms with Crippen molar-refractivity contribution < 1.29 is 38.9 Å². The average Bonchev–Trinajstić information content (AvgIpc) is 2.72. The summed E-state index contributed by atoms with van der Waals surface area (Å²) in [5, 5.41) is 17.6. The summed E-state index contributed by atoms with van der Waals surface area (Å²) in [6.45, 7) is 12.2. The molecule has 10 heteroatoms. The minimum absolute atomic E-state index is 0.0484. The predicted molar refractivity (Wildman–Crippen MR) is 113 cm³/mol. The molecule has 0 heterocycles. The van der Waals surface area contributed by atoms with Gasteiger partial charge in [0.2, 0.25) is 0 Å². The molecule has 1 unspecified atom stereocenters. The molecular formula is C21H34N2O8. The lowest BCUT2D eigenvalue weighted by Gasteiger charge is -2.32. The lowest BCUT2D eigenvalue weighted by atomic mass is 9.80. The Kier molecular flexibility index (Phi) is 13.1. The number of allylic oxidation sites excluding steroid dienone is 2. The fourth-order valence-electron chi connectivity index (χ4n) is 3.05. The zero-order valence-electron chi connectivity index (χ0n) is 18.5. The van der Waals surface area contributed by atoms with E-state index in [2.05, 4.69) is 13.2 Å². The van der Waals surface area contributed by atoms with Crippen molar-refractivity contribution in [3.8, 4) is 0 Å². The Labute approximate surface area is 183 Å². The molecule has 1 atom stereocenters. The highest BCUT2D eigenvalue weighted by Crippen LogP contribution is 2.31. The number of rotatable bonds is 15. The predicted octanol–water partition coefficient (Wildman–Crippen LogP) is 1.72. The van der Waals surface area contributed by atoms with Gasteiger partial charge in [-0.25, -0.2) is 9.59 Å². The summed E-state index contributed by atoms with van der Waals surface area (Å²) in [6.07, 6.45) is 0.472. The molecule has 0 saturated carbocycles. The second kappa shape index (κ2) is 14.3. The standard InChI is InChI=1S/C21H34N2O8/c1-16(13-23(18(3)15-27)20(29)31-11-9-25)12-21(4,5)6-7-22(17(2)14-26)19(28)30-10-8-24/h14-16,24-25H,2-3,6-13H2,1,4-5H3. The molecule has 2 amide bonds. The van der Waals surface area contributed by atoms with Crippen LogP contribution in [0.5, 0.6) is 0 Å². The summed E-state index contributed by atoms with van der Waals surface area (Å²) in [4.78, 5) is 48.7. The van der Waals surface area contributed by atoms with Crippen molar-refractivity contribution in [2.45, 2.75) is 33.6 Å². The minimum atomic E-state index is -0.768. The Morgan fingerprint density at radius 2 is 1.42 bits per heavy atom. The van der Waals surface area contributed by atoms with Crippen LogP contribution in [0.3, 0.4) is 0 Å². The Bertz CT molecular complexity index is 647. The van der Waals surface area contributed by atoms with Crippen molar-refractivity contribution in [3.63, 3.8) is 0 Å². The molecule has 0 fully saturated rings. The number of aliphatic hydroxyl groups excluding tert-OH is 2. The molecule has 0 radical (unpaired) electrons. The minimum Gasteiger partial charge on any atom is -0.447 e. The van der Waals surface area contributed by atoms with E-state index in [0.717, 1.165) is 9.80 Å². The maximum Gasteiger partial charge on any atom is 0.414 e. The molecule has 0 aliphatic heterocycles. The van der Waals surface area contributed by atoms with Gasteiger partial charge in [0.05, 0.1) is 24.6 Å². The molecule has 31 heavy (non-hydrogen) atoms. The fourth-order valence-corrected chi connectivity index (χ4v) is 3.05. The van der Waals surface area contributed by atoms with E-state index in [-0.39, 0.29) is 62.2 Å². The van der Waals surface area contributed by atoms with Crippen LogP contribution in [0.4, 0.5) is 9.59 Å². The van der Waals surface area contributed by atoms with E-state index in [1.807, 2.05) is 20.8 Å². The first-order chi connectivity index (χ1) is 14.5. The van der Waals surface area contributed by atoms with Crippen LogP contribution in [-0.2, 0) is 19.1 Å². The highest BCUT2D eigenvalue weighted by atomic mass is 16.6. The van der Waals surface area contributed by atoms with Gasteiger partial charge in [-0.05, 0) is 24.2 Å². The first-order valence-corrected chi connectivity index (χ1v) is 9.91. The third kappa shape index (κ3) is 10.7. The molecule has 0 saturated heterocycles. The van der Waals surface area contributed by atoms with E-state index in [1.54, 1.807) is 0 Å². The van der Waals surface area contributed by atoms with E-state index < -0.39 is 12.2 Å². The molecule has 0 aliphatic rings. The van der Waals surface area contributed by atoms with Gasteiger partial charge < -0.3 is 19.7 Å². The second-order valence-corrected chi connectivity index (χ2v) is 7.88. The van der Waals surface area contributed by atoms with Crippen LogP contribution in [0.1, 0.15) is 33.6 Å². The highest BCUT2D eigenvalue weighted by molar-refractivity contribution is 5.82. The number of hydrogen-bond donors (Lipinski definition) is 2. The van der Waals surface area contributed by atoms with Gasteiger partial charge in [-0.1, -0.05) is 33.9 Å². The maximum atomic E-state index is 12.1. The number of nitrogens with zero attached hydrogens (tertiary/aromatic N) is 2. The van der Waals surface area contributed by atoms with Crippen LogP contribution < -0.4 is 0 Å². The summed E-state index contributed by atoms with van der Waals surface area (Å²) < 4.78 is 9.75. The summed E-state index contributed by atoms with van der Waals surface area (Å²) in [5.41, 5.74) is -0.416. The first kappa shape index (κ1) is 28.3. The van der Waals surface area contributed by atoms with Gasteiger partial charge in [0.15, 0.2) is 12.6 Å². The van der Waals surface area contributed by atoms with Crippen LogP contribution in [0, 0.1) is 11.3 Å². The molecule has 0 aliphatic carbocycles. The number of carbonyl (C=O) groups excluding carboxylic acids is 4. The monoisotopic (exact) mass is 442 g/mol. The van der Waals surface area contributed by atoms with Gasteiger partial charge >= 0.3 is 12.2 Å². The Morgan fingerprint density at radius 3 is 1.87 bits per heavy atom. The van der Waals surface area contributed by atoms with Crippen molar-refractivity contribution in [3.05, 3.63) is 24.6 Å². The summed E-state index contributed by atoms with van der Waals surface area (Å²) in [7, 11) is 0. The summed E-state index contributed by atoms with van der Waals surface area (Å²) in [6, 6.07) is 0. The van der Waals surface area contributed by atoms with Crippen molar-refractivity contribution in [1.82, 2.24) is 9.80 Å². The largest absolute Gasteiger partial charge is 0.447 e. The quantitative estimate of drug-likeness (QED) is 0.289. The van der Waals surface area contributed by atoms with Crippen molar-refractivity contribution in [1.29, 1.82) is 0 Å². The molecule has 0 rings (SSSR count). The third-order valence-corrected chi connectivity index (χ3v) is 4.45. The van der Waals surface area contributed by atoms with Gasteiger partial charge in [-0.3, -0.25) is 19.4 Å². The van der Waals surface area contributed by atoms with Crippen LogP contribution >= 0.6 is 0 Å². The molecule has 0 aromatic rings. The first-order valence-electron chi connectivity index (χ1n) is 9.91. The van der Waals surface area contributed by atoms with E-state index in [0.29, 0.717) is 25.4 Å². The van der Waals surface area contributed by atoms with E-state index in [9.17, 15) is 19.2 Å². The number of hydrogen-bond acceptors (Lipinski definition) is 8. The van der Waals surface area contributed by atoms with E-state index in [4.69, 9.17) is 19.7 Å². The number of ether oxygens (including phenoxy) is 2. The zero-order chi connectivity index (χ0) is 24.0. The zero-order valence-corrected chi connectivity index (χ0v) is 18.5. The van der Waals surface area contributed by atoms with Crippen molar-refractivity contribution in [2.75, 3.05) is 39.5 Å². The Balaban J connectivity index is 5.05. The van der Waals surface area contributed by atoms with Gasteiger partial charge in [0.1, 0.15) is 13.2 Å². The number of carbonyl (C=O) groups is 4. The molecule has 0 bridgehead atoms. The molecule has 0 aromatic heterocycles. The second-order valence-electron chi connectivity index (χ2n) is 7.88. The molecule has 2 N–H and O–H groups in total. The van der Waals surface area contributed by atoms with Crippen LogP contribution in [0.2, 0.25) is 0 Å². The number of amides is 2. The molecule has 0 spiro atoms. The third-order valence-electron chi connectivity index (χ3n) is 4.45. The summed E-state index contributed by atoms with van der Waals surface area (Å²) >= 11 is 0. The van der Waals surface area contributed by atoms with Gasteiger partial charge in [-0.15, -0.1) is 0 Å². The van der Waals surface area contributed by atoms with Gasteiger partial charge in [-0.2, -0.15) is 0 Å². The molecule has 10 nitrogen and oxygen atoms in total. The highest BCUT2D eigenvalue weighted by Gasteiger charge is 2.28. The maximum absolute atomic E-state index is 12.1. The Morgan fingerprint density at radius 1 is 0.968 bits per heavy atom.